The molecule has 9 nitrogen and oxygen atoms in total. The average Bonchev–Trinajstić information content (AvgIpc) is 3.23. The molecule has 0 saturated carbocycles. The largest absolute Gasteiger partial charge is 0.290 e. The van der Waals surface area contributed by atoms with E-state index in [4.69, 9.17) is 11.6 Å². The van der Waals surface area contributed by atoms with Crippen LogP contribution in [0.1, 0.15) is 22.1 Å². The summed E-state index contributed by atoms with van der Waals surface area (Å²) in [5, 5.41) is 7.44. The first-order chi connectivity index (χ1) is 14.0. The van der Waals surface area contributed by atoms with Crippen molar-refractivity contribution in [2.45, 2.75) is 6.04 Å². The lowest BCUT2D eigenvalue weighted by Gasteiger charge is -2.18. The Morgan fingerprint density at radius 1 is 1.03 bits per heavy atom. The molecule has 1 saturated heterocycles. The van der Waals surface area contributed by atoms with Gasteiger partial charge in [-0.15, -0.1) is 0 Å². The van der Waals surface area contributed by atoms with Gasteiger partial charge in [-0.3, -0.25) is 30.7 Å². The van der Waals surface area contributed by atoms with E-state index in [-0.39, 0.29) is 17.6 Å². The lowest BCUT2D eigenvalue weighted by Crippen LogP contribution is -2.46. The van der Waals surface area contributed by atoms with E-state index in [2.05, 4.69) is 31.9 Å². The highest BCUT2D eigenvalue weighted by Gasteiger charge is 2.34. The fourth-order valence-corrected chi connectivity index (χ4v) is 3.41. The summed E-state index contributed by atoms with van der Waals surface area (Å²) >= 11 is 5.92. The molecule has 5 N–H and O–H groups in total. The van der Waals surface area contributed by atoms with Gasteiger partial charge in [0.25, 0.3) is 11.5 Å². The van der Waals surface area contributed by atoms with E-state index in [1.165, 1.54) is 0 Å². The van der Waals surface area contributed by atoms with Gasteiger partial charge in [-0.1, -0.05) is 41.9 Å². The van der Waals surface area contributed by atoms with Crippen LogP contribution in [0.15, 0.2) is 53.3 Å². The molecule has 1 aromatic heterocycles. The number of nitrogens with one attached hydrogen (secondary N) is 5. The average molecular weight is 413 g/mol. The van der Waals surface area contributed by atoms with Crippen LogP contribution >= 0.6 is 11.6 Å². The Morgan fingerprint density at radius 3 is 2.52 bits per heavy atom. The van der Waals surface area contributed by atoms with Crippen LogP contribution in [0.5, 0.6) is 0 Å². The number of hydrazine groups is 2. The minimum Gasteiger partial charge on any atom is -0.273 e. The monoisotopic (exact) mass is 412 g/mol. The van der Waals surface area contributed by atoms with Crippen LogP contribution in [0, 0.1) is 5.92 Å². The second-order valence-electron chi connectivity index (χ2n) is 6.55. The molecule has 0 bridgehead atoms. The van der Waals surface area contributed by atoms with Crippen LogP contribution in [0.4, 0.5) is 0 Å². The number of amides is 2. The molecule has 2 aromatic carbocycles. The molecule has 2 heterocycles. The summed E-state index contributed by atoms with van der Waals surface area (Å²) in [6.45, 7) is 0.384. The van der Waals surface area contributed by atoms with Crippen molar-refractivity contribution in [1.29, 1.82) is 0 Å². The van der Waals surface area contributed by atoms with Crippen molar-refractivity contribution in [1.82, 2.24) is 31.9 Å². The normalized spacial score (nSPS) is 18.5. The molecule has 2 amide bonds. The minimum atomic E-state index is -0.632. The van der Waals surface area contributed by atoms with Gasteiger partial charge in [0.15, 0.2) is 5.69 Å². The van der Waals surface area contributed by atoms with Crippen LogP contribution in [0.3, 0.4) is 0 Å². The Hall–Kier alpha value is -3.27. The zero-order chi connectivity index (χ0) is 20.4. The van der Waals surface area contributed by atoms with Crippen molar-refractivity contribution in [3.63, 3.8) is 0 Å². The van der Waals surface area contributed by atoms with Crippen molar-refractivity contribution in [3.8, 4) is 0 Å². The van der Waals surface area contributed by atoms with Gasteiger partial charge in [0.2, 0.25) is 5.91 Å². The number of hydrogen-bond acceptors (Lipinski definition) is 6. The lowest BCUT2D eigenvalue weighted by atomic mass is 9.94. The molecule has 1 aliphatic rings. The van der Waals surface area contributed by atoms with E-state index < -0.39 is 17.4 Å². The standard InChI is InChI=1S/C19H17ClN6O3/c20-11-7-5-10(6-8-11)15-14(9-21-22-15)18(28)25-26-19(29)16-12-3-1-2-4-13(12)17(27)24-23-16/h1-8,14-15,21-22H,9H2,(H,24,27)(H,25,28)(H,26,29). The number of benzene rings is 2. The van der Waals surface area contributed by atoms with Gasteiger partial charge in [-0.25, -0.2) is 10.5 Å². The molecule has 1 aliphatic heterocycles. The van der Waals surface area contributed by atoms with Gasteiger partial charge >= 0.3 is 0 Å². The second-order valence-corrected chi connectivity index (χ2v) is 6.99. The summed E-state index contributed by atoms with van der Waals surface area (Å²) in [6.07, 6.45) is 0. The Kier molecular flexibility index (Phi) is 5.26. The SMILES string of the molecule is O=C(NNC(=O)C1CNNC1c1ccc(Cl)cc1)c1n[nH]c(=O)c2ccccc12. The third-order valence-corrected chi connectivity index (χ3v) is 5.01. The Balaban J connectivity index is 1.47. The van der Waals surface area contributed by atoms with Gasteiger partial charge in [-0.05, 0) is 23.8 Å². The summed E-state index contributed by atoms with van der Waals surface area (Å²) in [4.78, 5) is 37.0. The number of carbonyl (C=O) groups is 2. The van der Waals surface area contributed by atoms with Gasteiger partial charge in [0.1, 0.15) is 0 Å². The van der Waals surface area contributed by atoms with Gasteiger partial charge in [0.05, 0.1) is 17.3 Å². The number of nitrogens with zero attached hydrogens (tertiary/aromatic N) is 1. The molecule has 3 aromatic rings. The number of rotatable bonds is 3. The molecule has 2 unspecified atom stereocenters. The molecule has 0 spiro atoms. The van der Waals surface area contributed by atoms with Crippen LogP contribution in [-0.4, -0.2) is 28.6 Å². The van der Waals surface area contributed by atoms with E-state index in [1.807, 2.05) is 12.1 Å². The molecule has 4 rings (SSSR count). The van der Waals surface area contributed by atoms with E-state index in [0.29, 0.717) is 22.3 Å². The van der Waals surface area contributed by atoms with Gasteiger partial charge in [0, 0.05) is 17.0 Å². The molecule has 1 fully saturated rings. The molecular weight excluding hydrogens is 396 g/mol. The van der Waals surface area contributed by atoms with E-state index in [1.54, 1.807) is 36.4 Å². The zero-order valence-electron chi connectivity index (χ0n) is 15.0. The number of aromatic amines is 1. The fraction of sp³-hybridized carbons (Fsp3) is 0.158. The molecule has 29 heavy (non-hydrogen) atoms. The van der Waals surface area contributed by atoms with Crippen molar-refractivity contribution in [3.05, 3.63) is 75.2 Å². The number of fused-ring (bicyclic) bond motifs is 1. The number of aromatic nitrogens is 2. The number of hydrogen-bond donors (Lipinski definition) is 5. The van der Waals surface area contributed by atoms with E-state index >= 15 is 0 Å². The second kappa shape index (κ2) is 8.00. The Morgan fingerprint density at radius 2 is 1.76 bits per heavy atom. The highest BCUT2D eigenvalue weighted by molar-refractivity contribution is 6.30. The smallest absolute Gasteiger partial charge is 0.273 e. The van der Waals surface area contributed by atoms with Crippen LogP contribution in [-0.2, 0) is 4.79 Å². The molecular formula is C19H17ClN6O3. The maximum Gasteiger partial charge on any atom is 0.290 e. The minimum absolute atomic E-state index is 0.0115. The van der Waals surface area contributed by atoms with Crippen LogP contribution in [0.2, 0.25) is 5.02 Å². The van der Waals surface area contributed by atoms with Crippen molar-refractivity contribution >= 4 is 34.2 Å². The molecule has 0 aliphatic carbocycles. The first-order valence-electron chi connectivity index (χ1n) is 8.86. The van der Waals surface area contributed by atoms with Crippen molar-refractivity contribution < 1.29 is 9.59 Å². The van der Waals surface area contributed by atoms with E-state index in [9.17, 15) is 14.4 Å². The summed E-state index contributed by atoms with van der Waals surface area (Å²) < 4.78 is 0. The first kappa shape index (κ1) is 19.1. The van der Waals surface area contributed by atoms with Gasteiger partial charge in [-0.2, -0.15) is 5.10 Å². The van der Waals surface area contributed by atoms with Crippen LogP contribution < -0.4 is 27.3 Å². The molecule has 0 radical (unpaired) electrons. The molecule has 148 valence electrons. The first-order valence-corrected chi connectivity index (χ1v) is 9.24. The van der Waals surface area contributed by atoms with Crippen molar-refractivity contribution in [2.24, 2.45) is 5.92 Å². The highest BCUT2D eigenvalue weighted by Crippen LogP contribution is 2.26. The number of halogens is 1. The third-order valence-electron chi connectivity index (χ3n) is 4.76. The predicted octanol–water partition coefficient (Wildman–Crippen LogP) is 0.803. The molecule has 10 heteroatoms. The summed E-state index contributed by atoms with van der Waals surface area (Å²) in [5.41, 5.74) is 11.3. The number of carbonyl (C=O) groups excluding carboxylic acids is 2. The summed E-state index contributed by atoms with van der Waals surface area (Å²) in [5.74, 6) is -1.46. The van der Waals surface area contributed by atoms with Crippen molar-refractivity contribution in [2.75, 3.05) is 6.54 Å². The maximum absolute atomic E-state index is 12.6. The van der Waals surface area contributed by atoms with Gasteiger partial charge < -0.3 is 0 Å². The highest BCUT2D eigenvalue weighted by atomic mass is 35.5. The Labute approximate surface area is 169 Å². The number of H-pyrrole nitrogens is 1. The Bertz CT molecular complexity index is 1130. The fourth-order valence-electron chi connectivity index (χ4n) is 3.29. The maximum atomic E-state index is 12.6. The molecule has 2 atom stereocenters. The summed E-state index contributed by atoms with van der Waals surface area (Å²) in [7, 11) is 0. The quantitative estimate of drug-likeness (QED) is 0.405. The van der Waals surface area contributed by atoms with E-state index in [0.717, 1.165) is 5.56 Å². The predicted molar refractivity (Wildman–Crippen MR) is 107 cm³/mol. The topological polar surface area (TPSA) is 128 Å². The third kappa shape index (κ3) is 3.83. The lowest BCUT2D eigenvalue weighted by molar-refractivity contribution is -0.125. The zero-order valence-corrected chi connectivity index (χ0v) is 15.8. The van der Waals surface area contributed by atoms with Crippen LogP contribution in [0.25, 0.3) is 10.8 Å². The summed E-state index contributed by atoms with van der Waals surface area (Å²) in [6, 6.07) is 13.5.